The number of hydrogen-bond acceptors (Lipinski definition) is 6. The van der Waals surface area contributed by atoms with Gasteiger partial charge in [-0.2, -0.15) is 4.99 Å². The van der Waals surface area contributed by atoms with Gasteiger partial charge in [0.2, 0.25) is 0 Å². The van der Waals surface area contributed by atoms with Gasteiger partial charge in [0.1, 0.15) is 5.56 Å². The standard InChI is InChI=1S/C11H8ClNO4S/c1-16-10(14)6-3-7(12)9(11(15)17-2)8(4-6)13-5-18/h3-4H,1-2H3. The van der Waals surface area contributed by atoms with Crippen LogP contribution < -0.4 is 0 Å². The zero-order chi connectivity index (χ0) is 13.7. The number of carbonyl (C=O) groups is 2. The summed E-state index contributed by atoms with van der Waals surface area (Å²) in [5, 5.41) is 2.13. The zero-order valence-corrected chi connectivity index (χ0v) is 11.1. The molecule has 1 rings (SSSR count). The third-order valence-corrected chi connectivity index (χ3v) is 2.44. The predicted molar refractivity (Wildman–Crippen MR) is 68.8 cm³/mol. The number of aliphatic imine (C=N–C) groups is 1. The van der Waals surface area contributed by atoms with Crippen LogP contribution in [0, 0.1) is 0 Å². The lowest BCUT2D eigenvalue weighted by atomic mass is 10.1. The van der Waals surface area contributed by atoms with Crippen molar-refractivity contribution in [2.75, 3.05) is 14.2 Å². The van der Waals surface area contributed by atoms with Gasteiger partial charge in [0.15, 0.2) is 0 Å². The molecule has 0 N–H and O–H groups in total. The Morgan fingerprint density at radius 1 is 1.28 bits per heavy atom. The highest BCUT2D eigenvalue weighted by Gasteiger charge is 2.20. The molecule has 94 valence electrons. The van der Waals surface area contributed by atoms with E-state index in [4.69, 9.17) is 11.6 Å². The molecule has 0 bridgehead atoms. The van der Waals surface area contributed by atoms with E-state index < -0.39 is 11.9 Å². The minimum absolute atomic E-state index is 0.0177. The molecule has 0 radical (unpaired) electrons. The first-order chi connectivity index (χ1) is 8.54. The van der Waals surface area contributed by atoms with E-state index in [-0.39, 0.29) is 21.8 Å². The average molecular weight is 286 g/mol. The van der Waals surface area contributed by atoms with Gasteiger partial charge in [-0.15, -0.1) is 0 Å². The Labute approximate surface area is 113 Å². The van der Waals surface area contributed by atoms with E-state index in [1.54, 1.807) is 0 Å². The lowest BCUT2D eigenvalue weighted by Gasteiger charge is -2.07. The SMILES string of the molecule is COC(=O)c1cc(Cl)c(C(=O)OC)c(N=C=S)c1. The molecule has 1 aromatic carbocycles. The summed E-state index contributed by atoms with van der Waals surface area (Å²) in [6.07, 6.45) is 0. The van der Waals surface area contributed by atoms with Gasteiger partial charge in [0, 0.05) is 0 Å². The van der Waals surface area contributed by atoms with Crippen molar-refractivity contribution in [3.63, 3.8) is 0 Å². The summed E-state index contributed by atoms with van der Waals surface area (Å²) in [6, 6.07) is 2.62. The number of ether oxygens (including phenoxy) is 2. The van der Waals surface area contributed by atoms with Crippen molar-refractivity contribution in [2.45, 2.75) is 0 Å². The fourth-order valence-electron chi connectivity index (χ4n) is 1.27. The number of halogens is 1. The van der Waals surface area contributed by atoms with Crippen LogP contribution >= 0.6 is 23.8 Å². The molecule has 0 unspecified atom stereocenters. The van der Waals surface area contributed by atoms with E-state index in [2.05, 4.69) is 31.8 Å². The van der Waals surface area contributed by atoms with Crippen molar-refractivity contribution in [1.29, 1.82) is 0 Å². The second-order valence-electron chi connectivity index (χ2n) is 3.04. The first-order valence-electron chi connectivity index (χ1n) is 4.63. The van der Waals surface area contributed by atoms with E-state index in [9.17, 15) is 9.59 Å². The zero-order valence-electron chi connectivity index (χ0n) is 9.52. The van der Waals surface area contributed by atoms with Crippen LogP contribution in [0.4, 0.5) is 5.69 Å². The molecule has 5 nitrogen and oxygen atoms in total. The number of thiocarbonyl (C=S) groups is 1. The Hall–Kier alpha value is -1.75. The maximum absolute atomic E-state index is 11.5. The molecule has 0 aliphatic heterocycles. The maximum atomic E-state index is 11.5. The summed E-state index contributed by atoms with van der Waals surface area (Å²) < 4.78 is 9.12. The number of benzene rings is 1. The molecule has 18 heavy (non-hydrogen) atoms. The van der Waals surface area contributed by atoms with Gasteiger partial charge in [-0.1, -0.05) is 11.6 Å². The van der Waals surface area contributed by atoms with E-state index in [1.165, 1.54) is 26.4 Å². The first kappa shape index (κ1) is 14.3. The second kappa shape index (κ2) is 6.26. The summed E-state index contributed by atoms with van der Waals surface area (Å²) in [6.45, 7) is 0. The van der Waals surface area contributed by atoms with E-state index in [0.29, 0.717) is 0 Å². The molecule has 0 spiro atoms. The molecule has 0 amide bonds. The Kier molecular flexibility index (Phi) is 4.97. The molecular weight excluding hydrogens is 278 g/mol. The normalized spacial score (nSPS) is 9.28. The average Bonchev–Trinajstić information content (AvgIpc) is 2.37. The molecule has 0 aliphatic rings. The van der Waals surface area contributed by atoms with Crippen molar-refractivity contribution in [3.05, 3.63) is 28.3 Å². The van der Waals surface area contributed by atoms with Crippen LogP contribution in [0.25, 0.3) is 0 Å². The van der Waals surface area contributed by atoms with Gasteiger partial charge < -0.3 is 9.47 Å². The van der Waals surface area contributed by atoms with Crippen molar-refractivity contribution in [1.82, 2.24) is 0 Å². The van der Waals surface area contributed by atoms with Crippen LogP contribution in [0.3, 0.4) is 0 Å². The van der Waals surface area contributed by atoms with Crippen LogP contribution in [0.5, 0.6) is 0 Å². The number of methoxy groups -OCH3 is 2. The van der Waals surface area contributed by atoms with E-state index in [0.717, 1.165) is 0 Å². The molecular formula is C11H8ClNO4S. The number of carbonyl (C=O) groups excluding carboxylic acids is 2. The van der Waals surface area contributed by atoms with Gasteiger partial charge in [0.05, 0.1) is 35.7 Å². The Balaban J connectivity index is 3.49. The topological polar surface area (TPSA) is 65.0 Å². The minimum atomic E-state index is -0.680. The molecule has 0 aromatic heterocycles. The van der Waals surface area contributed by atoms with E-state index in [1.807, 2.05) is 0 Å². The lowest BCUT2D eigenvalue weighted by molar-refractivity contribution is 0.0587. The maximum Gasteiger partial charge on any atom is 0.341 e. The predicted octanol–water partition coefficient (Wildman–Crippen LogP) is 2.65. The largest absolute Gasteiger partial charge is 0.465 e. The first-order valence-corrected chi connectivity index (χ1v) is 5.41. The summed E-state index contributed by atoms with van der Waals surface area (Å²) >= 11 is 10.4. The van der Waals surface area contributed by atoms with Crippen LogP contribution in [0.2, 0.25) is 5.02 Å². The summed E-state index contributed by atoms with van der Waals surface area (Å²) in [4.78, 5) is 26.6. The minimum Gasteiger partial charge on any atom is -0.465 e. The van der Waals surface area contributed by atoms with Crippen LogP contribution in [0.15, 0.2) is 17.1 Å². The Bertz CT molecular complexity index is 552. The van der Waals surface area contributed by atoms with Gasteiger partial charge in [-0.05, 0) is 24.4 Å². The van der Waals surface area contributed by atoms with Crippen molar-refractivity contribution in [2.24, 2.45) is 4.99 Å². The lowest BCUT2D eigenvalue weighted by Crippen LogP contribution is -2.06. The van der Waals surface area contributed by atoms with Crippen molar-refractivity contribution >= 4 is 46.6 Å². The number of hydrogen-bond donors (Lipinski definition) is 0. The van der Waals surface area contributed by atoms with Gasteiger partial charge in [0.25, 0.3) is 0 Å². The molecule has 0 fully saturated rings. The fourth-order valence-corrected chi connectivity index (χ4v) is 1.66. The van der Waals surface area contributed by atoms with Crippen LogP contribution in [-0.4, -0.2) is 31.3 Å². The molecule has 1 aromatic rings. The number of rotatable bonds is 3. The monoisotopic (exact) mass is 285 g/mol. The summed E-state index contributed by atoms with van der Waals surface area (Å²) in [5.41, 5.74) is 0.271. The fraction of sp³-hybridized carbons (Fsp3) is 0.182. The van der Waals surface area contributed by atoms with Crippen molar-refractivity contribution in [3.8, 4) is 0 Å². The molecule has 0 saturated heterocycles. The number of nitrogens with zero attached hydrogens (tertiary/aromatic N) is 1. The third-order valence-electron chi connectivity index (χ3n) is 2.05. The quantitative estimate of drug-likeness (QED) is 0.485. The molecule has 0 heterocycles. The van der Waals surface area contributed by atoms with Crippen LogP contribution in [0.1, 0.15) is 20.7 Å². The molecule has 0 aliphatic carbocycles. The Morgan fingerprint density at radius 3 is 2.39 bits per heavy atom. The highest BCUT2D eigenvalue weighted by atomic mass is 35.5. The van der Waals surface area contributed by atoms with Gasteiger partial charge in [-0.3, -0.25) is 0 Å². The summed E-state index contributed by atoms with van der Waals surface area (Å²) in [7, 11) is 2.43. The van der Waals surface area contributed by atoms with Gasteiger partial charge in [-0.25, -0.2) is 9.59 Å². The molecule has 7 heteroatoms. The highest BCUT2D eigenvalue weighted by molar-refractivity contribution is 7.78. The smallest absolute Gasteiger partial charge is 0.341 e. The third kappa shape index (κ3) is 2.92. The van der Waals surface area contributed by atoms with Crippen molar-refractivity contribution < 1.29 is 19.1 Å². The van der Waals surface area contributed by atoms with E-state index >= 15 is 0 Å². The molecule has 0 saturated carbocycles. The molecule has 0 atom stereocenters. The van der Waals surface area contributed by atoms with Crippen LogP contribution in [-0.2, 0) is 9.47 Å². The highest BCUT2D eigenvalue weighted by Crippen LogP contribution is 2.29. The number of isothiocyanates is 1. The number of esters is 2. The second-order valence-corrected chi connectivity index (χ2v) is 3.63. The summed E-state index contributed by atoms with van der Waals surface area (Å²) in [5.74, 6) is -1.28. The Morgan fingerprint density at radius 2 is 1.89 bits per heavy atom. The van der Waals surface area contributed by atoms with Gasteiger partial charge >= 0.3 is 11.9 Å².